The van der Waals surface area contributed by atoms with Crippen LogP contribution in [0.25, 0.3) is 0 Å². The van der Waals surface area contributed by atoms with Crippen molar-refractivity contribution in [2.45, 2.75) is 70.4 Å². The summed E-state index contributed by atoms with van der Waals surface area (Å²) in [5.41, 5.74) is 0.970. The number of carbonyl (C=O) groups excluding carboxylic acids is 1. The van der Waals surface area contributed by atoms with E-state index in [0.717, 1.165) is 31.2 Å². The fourth-order valence-electron chi connectivity index (χ4n) is 3.55. The van der Waals surface area contributed by atoms with Crippen LogP contribution < -0.4 is 0 Å². The van der Waals surface area contributed by atoms with E-state index < -0.39 is 12.1 Å². The molecule has 0 bridgehead atoms. The van der Waals surface area contributed by atoms with Crippen molar-refractivity contribution < 1.29 is 19.8 Å². The fourth-order valence-corrected chi connectivity index (χ4v) is 3.55. The lowest BCUT2D eigenvalue weighted by atomic mass is 9.99. The van der Waals surface area contributed by atoms with Gasteiger partial charge in [0, 0.05) is 31.4 Å². The minimum atomic E-state index is -0.756. The standard InChI is InChI=1S/C25H33NO4/c1-20(10-9-13-21-11-5-4-6-12-21)23(27)17-15-22-16-18-24(28)26(22)19-8-3-2-7-14-25(29)30/h4-6,11-12,15,17,20,22-23,27H,2-3,7-8,10,14,16,18-19H2,1H3,(H,29,30)/t20-,22-,23+/m0/s1. The first-order chi connectivity index (χ1) is 14.5. The number of hydrogen-bond donors (Lipinski definition) is 2. The maximum atomic E-state index is 12.2. The molecule has 1 saturated heterocycles. The molecule has 0 aromatic heterocycles. The number of aliphatic hydroxyl groups excluding tert-OH is 1. The Kier molecular flexibility index (Phi) is 10.2. The van der Waals surface area contributed by atoms with Crippen LogP contribution in [0.15, 0.2) is 42.5 Å². The van der Waals surface area contributed by atoms with Crippen molar-refractivity contribution in [2.75, 3.05) is 6.54 Å². The van der Waals surface area contributed by atoms with Crippen molar-refractivity contribution in [3.8, 4) is 11.8 Å². The smallest absolute Gasteiger partial charge is 0.303 e. The summed E-state index contributed by atoms with van der Waals surface area (Å²) in [6.07, 6.45) is 8.66. The highest BCUT2D eigenvalue weighted by atomic mass is 16.4. The van der Waals surface area contributed by atoms with Crippen LogP contribution in [-0.2, 0) is 9.59 Å². The van der Waals surface area contributed by atoms with Crippen LogP contribution in [0.5, 0.6) is 0 Å². The molecule has 3 atom stereocenters. The zero-order valence-corrected chi connectivity index (χ0v) is 17.8. The first kappa shape index (κ1) is 23.7. The molecular weight excluding hydrogens is 378 g/mol. The Morgan fingerprint density at radius 1 is 1.23 bits per heavy atom. The molecule has 1 aliphatic heterocycles. The second-order valence-electron chi connectivity index (χ2n) is 7.98. The van der Waals surface area contributed by atoms with Crippen molar-refractivity contribution >= 4 is 11.9 Å². The van der Waals surface area contributed by atoms with E-state index in [1.54, 1.807) is 6.08 Å². The lowest BCUT2D eigenvalue weighted by Gasteiger charge is -2.23. The van der Waals surface area contributed by atoms with Crippen molar-refractivity contribution in [2.24, 2.45) is 5.92 Å². The number of benzene rings is 1. The number of carboxylic acids is 1. The van der Waals surface area contributed by atoms with E-state index in [1.165, 1.54) is 0 Å². The van der Waals surface area contributed by atoms with Gasteiger partial charge in [0.2, 0.25) is 5.91 Å². The van der Waals surface area contributed by atoms with Crippen molar-refractivity contribution in [3.63, 3.8) is 0 Å². The molecule has 1 amide bonds. The zero-order valence-electron chi connectivity index (χ0n) is 17.8. The molecule has 30 heavy (non-hydrogen) atoms. The van der Waals surface area contributed by atoms with Gasteiger partial charge in [-0.25, -0.2) is 0 Å². The molecule has 1 heterocycles. The van der Waals surface area contributed by atoms with Crippen molar-refractivity contribution in [1.82, 2.24) is 4.90 Å². The SMILES string of the molecule is C[C@@H](CC#Cc1ccccc1)[C@H](O)C=C[C@H]1CCC(=O)N1CCCCCCC(=O)O. The van der Waals surface area contributed by atoms with Gasteiger partial charge in [-0.05, 0) is 37.3 Å². The number of hydrogen-bond acceptors (Lipinski definition) is 3. The van der Waals surface area contributed by atoms with Gasteiger partial charge >= 0.3 is 5.97 Å². The molecule has 0 aliphatic carbocycles. The van der Waals surface area contributed by atoms with Gasteiger partial charge in [0.25, 0.3) is 0 Å². The molecule has 2 N–H and O–H groups in total. The first-order valence-corrected chi connectivity index (χ1v) is 10.9. The number of carbonyl (C=O) groups is 2. The average molecular weight is 412 g/mol. The Labute approximate surface area is 179 Å². The molecular formula is C25H33NO4. The molecule has 1 fully saturated rings. The Bertz CT molecular complexity index is 762. The van der Waals surface area contributed by atoms with Crippen LogP contribution in [0.4, 0.5) is 0 Å². The molecule has 0 saturated carbocycles. The number of amides is 1. The van der Waals surface area contributed by atoms with Crippen molar-refractivity contribution in [3.05, 3.63) is 48.0 Å². The summed E-state index contributed by atoms with van der Waals surface area (Å²) < 4.78 is 0. The highest BCUT2D eigenvalue weighted by Gasteiger charge is 2.28. The number of rotatable bonds is 11. The molecule has 1 aliphatic rings. The minimum Gasteiger partial charge on any atom is -0.481 e. The normalized spacial score (nSPS) is 18.3. The average Bonchev–Trinajstić information content (AvgIpc) is 3.08. The Morgan fingerprint density at radius 3 is 2.70 bits per heavy atom. The van der Waals surface area contributed by atoms with Gasteiger partial charge in [-0.15, -0.1) is 0 Å². The maximum Gasteiger partial charge on any atom is 0.303 e. The molecule has 1 aromatic rings. The van der Waals surface area contributed by atoms with Crippen LogP contribution in [0.1, 0.15) is 63.9 Å². The van der Waals surface area contributed by atoms with Gasteiger partial charge in [0.1, 0.15) is 0 Å². The predicted molar refractivity (Wildman–Crippen MR) is 118 cm³/mol. The first-order valence-electron chi connectivity index (χ1n) is 10.9. The summed E-state index contributed by atoms with van der Waals surface area (Å²) in [7, 11) is 0. The lowest BCUT2D eigenvalue weighted by Crippen LogP contribution is -2.33. The Morgan fingerprint density at radius 2 is 1.97 bits per heavy atom. The number of likely N-dealkylation sites (tertiary alicyclic amines) is 1. The van der Waals surface area contributed by atoms with Gasteiger partial charge in [-0.1, -0.05) is 62.0 Å². The second kappa shape index (κ2) is 12.9. The number of carboxylic acid groups (broad SMARTS) is 1. The van der Waals surface area contributed by atoms with E-state index in [0.29, 0.717) is 25.8 Å². The number of nitrogens with zero attached hydrogens (tertiary/aromatic N) is 1. The van der Waals surface area contributed by atoms with Gasteiger partial charge in [-0.2, -0.15) is 0 Å². The van der Waals surface area contributed by atoms with Gasteiger partial charge < -0.3 is 15.1 Å². The summed E-state index contributed by atoms with van der Waals surface area (Å²) in [5.74, 6) is 5.66. The maximum absolute atomic E-state index is 12.2. The topological polar surface area (TPSA) is 77.8 Å². The van der Waals surface area contributed by atoms with Crippen molar-refractivity contribution in [1.29, 1.82) is 0 Å². The monoisotopic (exact) mass is 411 g/mol. The van der Waals surface area contributed by atoms with E-state index in [9.17, 15) is 14.7 Å². The molecule has 5 nitrogen and oxygen atoms in total. The zero-order chi connectivity index (χ0) is 21.8. The lowest BCUT2D eigenvalue weighted by molar-refractivity contribution is -0.137. The summed E-state index contributed by atoms with van der Waals surface area (Å²) in [4.78, 5) is 24.6. The highest BCUT2D eigenvalue weighted by Crippen LogP contribution is 2.22. The van der Waals surface area contributed by atoms with Crippen LogP contribution in [0, 0.1) is 17.8 Å². The number of unbranched alkanes of at least 4 members (excludes halogenated alkanes) is 3. The molecule has 2 rings (SSSR count). The van der Waals surface area contributed by atoms with Gasteiger partial charge in [-0.3, -0.25) is 9.59 Å². The largest absolute Gasteiger partial charge is 0.481 e. The third-order valence-electron chi connectivity index (χ3n) is 5.46. The van der Waals surface area contributed by atoms with E-state index in [4.69, 9.17) is 5.11 Å². The van der Waals surface area contributed by atoms with Crippen LogP contribution in [-0.4, -0.2) is 45.7 Å². The second-order valence-corrected chi connectivity index (χ2v) is 7.98. The molecule has 0 radical (unpaired) electrons. The molecule has 162 valence electrons. The van der Waals surface area contributed by atoms with Crippen LogP contribution in [0.3, 0.4) is 0 Å². The molecule has 5 heteroatoms. The number of aliphatic hydroxyl groups is 1. The highest BCUT2D eigenvalue weighted by molar-refractivity contribution is 5.79. The molecule has 0 spiro atoms. The van der Waals surface area contributed by atoms with E-state index >= 15 is 0 Å². The predicted octanol–water partition coefficient (Wildman–Crippen LogP) is 4.01. The van der Waals surface area contributed by atoms with Crippen LogP contribution in [0.2, 0.25) is 0 Å². The molecule has 0 unspecified atom stereocenters. The Hall–Kier alpha value is -2.58. The molecule has 1 aromatic carbocycles. The summed E-state index contributed by atoms with van der Waals surface area (Å²) >= 11 is 0. The van der Waals surface area contributed by atoms with E-state index in [-0.39, 0.29) is 24.3 Å². The fraction of sp³-hybridized carbons (Fsp3) is 0.520. The summed E-state index contributed by atoms with van der Waals surface area (Å²) in [5, 5.41) is 19.1. The summed E-state index contributed by atoms with van der Waals surface area (Å²) in [6, 6.07) is 9.83. The van der Waals surface area contributed by atoms with E-state index in [2.05, 4.69) is 11.8 Å². The third-order valence-corrected chi connectivity index (χ3v) is 5.46. The minimum absolute atomic E-state index is 0.0113. The van der Waals surface area contributed by atoms with Gasteiger partial charge in [0.05, 0.1) is 12.1 Å². The number of aliphatic carboxylic acids is 1. The van der Waals surface area contributed by atoms with Gasteiger partial charge in [0.15, 0.2) is 0 Å². The van der Waals surface area contributed by atoms with E-state index in [1.807, 2.05) is 48.2 Å². The van der Waals surface area contributed by atoms with Crippen LogP contribution >= 0.6 is 0 Å². The third kappa shape index (κ3) is 8.42. The Balaban J connectivity index is 1.76. The summed E-state index contributed by atoms with van der Waals surface area (Å²) in [6.45, 7) is 2.67. The quantitative estimate of drug-likeness (QED) is 0.328.